The molecule has 29 heavy (non-hydrogen) atoms. The van der Waals surface area contributed by atoms with Gasteiger partial charge in [-0.1, -0.05) is 32.9 Å². The van der Waals surface area contributed by atoms with Crippen LogP contribution < -0.4 is 5.56 Å². The van der Waals surface area contributed by atoms with Gasteiger partial charge in [-0.3, -0.25) is 9.36 Å². The molecule has 0 radical (unpaired) electrons. The summed E-state index contributed by atoms with van der Waals surface area (Å²) in [5.41, 5.74) is 1.21. The molecular formula is C22H25FN2O3S. The molecule has 0 saturated heterocycles. The number of thiophene rings is 1. The molecule has 0 aliphatic heterocycles. The second-order valence-electron chi connectivity index (χ2n) is 7.50. The van der Waals surface area contributed by atoms with E-state index in [0.29, 0.717) is 29.1 Å². The summed E-state index contributed by atoms with van der Waals surface area (Å²) in [4.78, 5) is 32.3. The smallest absolute Gasteiger partial charge is 0.329 e. The molecule has 0 aliphatic carbocycles. The first-order chi connectivity index (χ1) is 13.7. The molecule has 2 heterocycles. The Balaban J connectivity index is 2.19. The largest absolute Gasteiger partial charge is 0.464 e. The summed E-state index contributed by atoms with van der Waals surface area (Å²) in [5.74, 6) is -0.0821. The Morgan fingerprint density at radius 2 is 1.90 bits per heavy atom. The third-order valence-corrected chi connectivity index (χ3v) is 5.77. The monoisotopic (exact) mass is 416 g/mol. The van der Waals surface area contributed by atoms with E-state index in [4.69, 9.17) is 4.74 Å². The van der Waals surface area contributed by atoms with Gasteiger partial charge in [0.25, 0.3) is 5.56 Å². The van der Waals surface area contributed by atoms with Crippen LogP contribution in [0.25, 0.3) is 21.3 Å². The average molecular weight is 417 g/mol. The van der Waals surface area contributed by atoms with Crippen molar-refractivity contribution in [3.63, 3.8) is 0 Å². The standard InChI is InChI=1S/C22H25FN2O3S/c1-6-17(22(27)28-11-12(2)3)25-14(5)24-20-19(21(25)26)18(13(4)29-20)15-7-9-16(23)10-8-15/h7-10,12,17H,6,11H2,1-5H3. The van der Waals surface area contributed by atoms with Crippen LogP contribution in [0.4, 0.5) is 4.39 Å². The number of halogens is 1. The van der Waals surface area contributed by atoms with Crippen LogP contribution in [0, 0.1) is 25.6 Å². The second-order valence-corrected chi connectivity index (χ2v) is 8.71. The molecule has 0 amide bonds. The zero-order chi connectivity index (χ0) is 21.3. The number of aryl methyl sites for hydroxylation is 2. The van der Waals surface area contributed by atoms with Crippen LogP contribution in [0.2, 0.25) is 0 Å². The molecule has 3 rings (SSSR count). The first-order valence-corrected chi connectivity index (χ1v) is 10.5. The second kappa shape index (κ2) is 8.45. The zero-order valence-corrected chi connectivity index (χ0v) is 18.1. The lowest BCUT2D eigenvalue weighted by atomic mass is 10.0. The molecule has 1 atom stereocenters. The number of esters is 1. The maximum Gasteiger partial charge on any atom is 0.329 e. The van der Waals surface area contributed by atoms with Gasteiger partial charge in [0.1, 0.15) is 22.5 Å². The highest BCUT2D eigenvalue weighted by molar-refractivity contribution is 7.19. The van der Waals surface area contributed by atoms with Gasteiger partial charge in [0.15, 0.2) is 0 Å². The predicted octanol–water partition coefficient (Wildman–Crippen LogP) is 5.03. The number of nitrogens with zero attached hydrogens (tertiary/aromatic N) is 2. The van der Waals surface area contributed by atoms with Crippen LogP contribution in [0.1, 0.15) is 43.9 Å². The summed E-state index contributed by atoms with van der Waals surface area (Å²) in [6, 6.07) is 5.32. The summed E-state index contributed by atoms with van der Waals surface area (Å²) in [6.45, 7) is 9.71. The van der Waals surface area contributed by atoms with E-state index in [1.165, 1.54) is 28.0 Å². The van der Waals surface area contributed by atoms with Crippen molar-refractivity contribution in [2.75, 3.05) is 6.61 Å². The Morgan fingerprint density at radius 3 is 2.48 bits per heavy atom. The summed E-state index contributed by atoms with van der Waals surface area (Å²) in [7, 11) is 0. The Hall–Kier alpha value is -2.54. The number of benzene rings is 1. The summed E-state index contributed by atoms with van der Waals surface area (Å²) < 4.78 is 20.2. The summed E-state index contributed by atoms with van der Waals surface area (Å²) in [6.07, 6.45) is 0.417. The van der Waals surface area contributed by atoms with Crippen molar-refractivity contribution in [2.24, 2.45) is 5.92 Å². The van der Waals surface area contributed by atoms with Gasteiger partial charge in [-0.25, -0.2) is 14.2 Å². The minimum atomic E-state index is -0.737. The fourth-order valence-electron chi connectivity index (χ4n) is 3.41. The van der Waals surface area contributed by atoms with Gasteiger partial charge in [-0.05, 0) is 43.9 Å². The van der Waals surface area contributed by atoms with Crippen LogP contribution in [0.5, 0.6) is 0 Å². The normalized spacial score (nSPS) is 12.5. The van der Waals surface area contributed by atoms with Gasteiger partial charge >= 0.3 is 5.97 Å². The topological polar surface area (TPSA) is 61.2 Å². The van der Waals surface area contributed by atoms with E-state index < -0.39 is 12.0 Å². The molecular weight excluding hydrogens is 391 g/mol. The highest BCUT2D eigenvalue weighted by Gasteiger charge is 2.27. The minimum absolute atomic E-state index is 0.208. The summed E-state index contributed by atoms with van der Waals surface area (Å²) in [5, 5.41) is 0.458. The molecule has 0 N–H and O–H groups in total. The van der Waals surface area contributed by atoms with E-state index in [1.54, 1.807) is 19.1 Å². The van der Waals surface area contributed by atoms with Crippen LogP contribution >= 0.6 is 11.3 Å². The maximum atomic E-state index is 13.5. The Kier molecular flexibility index (Phi) is 6.17. The molecule has 7 heteroatoms. The highest BCUT2D eigenvalue weighted by Crippen LogP contribution is 2.36. The molecule has 0 saturated carbocycles. The maximum absolute atomic E-state index is 13.5. The molecule has 0 fully saturated rings. The molecule has 1 unspecified atom stereocenters. The predicted molar refractivity (Wildman–Crippen MR) is 114 cm³/mol. The lowest BCUT2D eigenvalue weighted by molar-refractivity contribution is -0.149. The number of aromatic nitrogens is 2. The number of rotatable bonds is 6. The molecule has 3 aromatic rings. The Morgan fingerprint density at radius 1 is 1.24 bits per heavy atom. The fourth-order valence-corrected chi connectivity index (χ4v) is 4.49. The molecule has 0 bridgehead atoms. The van der Waals surface area contributed by atoms with E-state index >= 15 is 0 Å². The van der Waals surface area contributed by atoms with Crippen molar-refractivity contribution in [3.05, 3.63) is 51.1 Å². The van der Waals surface area contributed by atoms with Crippen LogP contribution in [0.15, 0.2) is 29.1 Å². The molecule has 0 aliphatic rings. The zero-order valence-electron chi connectivity index (χ0n) is 17.3. The van der Waals surface area contributed by atoms with Crippen molar-refractivity contribution in [2.45, 2.75) is 47.1 Å². The van der Waals surface area contributed by atoms with E-state index in [1.807, 2.05) is 27.7 Å². The fraction of sp³-hybridized carbons (Fsp3) is 0.409. The number of carbonyl (C=O) groups excluding carboxylic acids is 1. The van der Waals surface area contributed by atoms with Crippen molar-refractivity contribution in [1.82, 2.24) is 9.55 Å². The SMILES string of the molecule is CCC(C(=O)OCC(C)C)n1c(C)nc2sc(C)c(-c3ccc(F)cc3)c2c1=O. The van der Waals surface area contributed by atoms with Gasteiger partial charge in [-0.15, -0.1) is 11.3 Å². The van der Waals surface area contributed by atoms with Crippen molar-refractivity contribution < 1.29 is 13.9 Å². The number of ether oxygens (including phenoxy) is 1. The first kappa shape index (κ1) is 21.2. The lowest BCUT2D eigenvalue weighted by Crippen LogP contribution is -2.33. The molecule has 0 spiro atoms. The minimum Gasteiger partial charge on any atom is -0.464 e. The lowest BCUT2D eigenvalue weighted by Gasteiger charge is -2.20. The number of fused-ring (bicyclic) bond motifs is 1. The first-order valence-electron chi connectivity index (χ1n) is 9.69. The van der Waals surface area contributed by atoms with Gasteiger partial charge in [-0.2, -0.15) is 0 Å². The molecule has 154 valence electrons. The van der Waals surface area contributed by atoms with Crippen LogP contribution in [0.3, 0.4) is 0 Å². The van der Waals surface area contributed by atoms with Crippen molar-refractivity contribution >= 4 is 27.5 Å². The van der Waals surface area contributed by atoms with Crippen molar-refractivity contribution in [3.8, 4) is 11.1 Å². The number of carbonyl (C=O) groups is 1. The van der Waals surface area contributed by atoms with E-state index in [2.05, 4.69) is 4.98 Å². The van der Waals surface area contributed by atoms with Gasteiger partial charge in [0, 0.05) is 10.4 Å². The molecule has 1 aromatic carbocycles. The Labute approximate surface area is 173 Å². The van der Waals surface area contributed by atoms with Crippen LogP contribution in [-0.2, 0) is 9.53 Å². The van der Waals surface area contributed by atoms with Gasteiger partial charge in [0.2, 0.25) is 0 Å². The van der Waals surface area contributed by atoms with Crippen LogP contribution in [-0.4, -0.2) is 22.1 Å². The van der Waals surface area contributed by atoms with E-state index in [9.17, 15) is 14.0 Å². The average Bonchev–Trinajstić information content (AvgIpc) is 2.99. The highest BCUT2D eigenvalue weighted by atomic mass is 32.1. The quantitative estimate of drug-likeness (QED) is 0.529. The third kappa shape index (κ3) is 4.10. The van der Waals surface area contributed by atoms with E-state index in [0.717, 1.165) is 16.0 Å². The number of hydrogen-bond acceptors (Lipinski definition) is 5. The summed E-state index contributed by atoms with van der Waals surface area (Å²) >= 11 is 1.42. The molecule has 2 aromatic heterocycles. The third-order valence-electron chi connectivity index (χ3n) is 4.77. The van der Waals surface area contributed by atoms with E-state index in [-0.39, 0.29) is 17.3 Å². The van der Waals surface area contributed by atoms with Crippen molar-refractivity contribution in [1.29, 1.82) is 0 Å². The Bertz CT molecular complexity index is 1100. The number of hydrogen-bond donors (Lipinski definition) is 0. The van der Waals surface area contributed by atoms with Gasteiger partial charge in [0.05, 0.1) is 12.0 Å². The van der Waals surface area contributed by atoms with Gasteiger partial charge < -0.3 is 4.74 Å². The molecule has 5 nitrogen and oxygen atoms in total.